The second-order valence-corrected chi connectivity index (χ2v) is 11.7. The summed E-state index contributed by atoms with van der Waals surface area (Å²) in [7, 11) is -4.23. The maximum absolute atomic E-state index is 14.3. The summed E-state index contributed by atoms with van der Waals surface area (Å²) in [5, 5.41) is 2.84. The van der Waals surface area contributed by atoms with Crippen LogP contribution in [0.3, 0.4) is 0 Å². The summed E-state index contributed by atoms with van der Waals surface area (Å²) in [6.45, 7) is 3.57. The summed E-state index contributed by atoms with van der Waals surface area (Å²) in [6, 6.07) is 28.7. The van der Waals surface area contributed by atoms with Crippen molar-refractivity contribution in [1.29, 1.82) is 0 Å². The standard InChI is InChI=1S/C33H34FN3O4S/c1-3-35-33(39)31(22-26-13-6-4-7-14-26)36(23-27-15-11-10-12-25(27)2)32(38)24-37(29-20-18-28(34)19-21-29)42(40,41)30-16-8-5-9-17-30/h4-21,31H,3,22-24H2,1-2H3,(H,35,39)/t31-/m0/s1. The SMILES string of the molecule is CCNC(=O)[C@H](Cc1ccccc1)N(Cc1ccccc1C)C(=O)CN(c1ccc(F)cc1)S(=O)(=O)c1ccccc1. The predicted molar refractivity (Wildman–Crippen MR) is 162 cm³/mol. The van der Waals surface area contributed by atoms with Crippen molar-refractivity contribution in [1.82, 2.24) is 10.2 Å². The molecule has 0 spiro atoms. The topological polar surface area (TPSA) is 86.8 Å². The maximum Gasteiger partial charge on any atom is 0.264 e. The van der Waals surface area contributed by atoms with Crippen LogP contribution in [-0.4, -0.2) is 44.3 Å². The highest BCUT2D eigenvalue weighted by Gasteiger charge is 2.34. The van der Waals surface area contributed by atoms with Crippen molar-refractivity contribution in [3.63, 3.8) is 0 Å². The van der Waals surface area contributed by atoms with E-state index >= 15 is 0 Å². The third-order valence-corrected chi connectivity index (χ3v) is 8.74. The van der Waals surface area contributed by atoms with E-state index in [1.807, 2.05) is 61.5 Å². The average molecular weight is 588 g/mol. The molecule has 0 fully saturated rings. The molecule has 218 valence electrons. The van der Waals surface area contributed by atoms with Gasteiger partial charge in [-0.25, -0.2) is 12.8 Å². The molecule has 1 N–H and O–H groups in total. The Morgan fingerprint density at radius 2 is 1.43 bits per heavy atom. The predicted octanol–water partition coefficient (Wildman–Crippen LogP) is 5.11. The van der Waals surface area contributed by atoms with E-state index in [1.54, 1.807) is 25.1 Å². The van der Waals surface area contributed by atoms with Gasteiger partial charge in [-0.3, -0.25) is 13.9 Å². The second kappa shape index (κ2) is 13.9. The number of sulfonamides is 1. The molecule has 0 saturated heterocycles. The largest absolute Gasteiger partial charge is 0.355 e. The molecule has 0 unspecified atom stereocenters. The van der Waals surface area contributed by atoms with Gasteiger partial charge in [0.1, 0.15) is 18.4 Å². The van der Waals surface area contributed by atoms with E-state index in [0.717, 1.165) is 33.1 Å². The summed E-state index contributed by atoms with van der Waals surface area (Å²) in [6.07, 6.45) is 0.228. The van der Waals surface area contributed by atoms with E-state index in [2.05, 4.69) is 5.32 Å². The molecule has 0 aliphatic rings. The zero-order valence-electron chi connectivity index (χ0n) is 23.6. The van der Waals surface area contributed by atoms with Gasteiger partial charge in [0.15, 0.2) is 0 Å². The summed E-state index contributed by atoms with van der Waals surface area (Å²) < 4.78 is 42.5. The molecule has 0 radical (unpaired) electrons. The van der Waals surface area contributed by atoms with Crippen LogP contribution in [0.4, 0.5) is 10.1 Å². The number of amides is 2. The first kappa shape index (κ1) is 30.5. The van der Waals surface area contributed by atoms with Crippen molar-refractivity contribution in [2.24, 2.45) is 0 Å². The van der Waals surface area contributed by atoms with Gasteiger partial charge >= 0.3 is 0 Å². The monoisotopic (exact) mass is 587 g/mol. The number of hydrogen-bond acceptors (Lipinski definition) is 4. The summed E-state index contributed by atoms with van der Waals surface area (Å²) >= 11 is 0. The van der Waals surface area contributed by atoms with Gasteiger partial charge in [0.05, 0.1) is 10.6 Å². The molecule has 0 bridgehead atoms. The second-order valence-electron chi connectivity index (χ2n) is 9.85. The lowest BCUT2D eigenvalue weighted by Crippen LogP contribution is -2.53. The fourth-order valence-electron chi connectivity index (χ4n) is 4.67. The van der Waals surface area contributed by atoms with Crippen LogP contribution in [0.25, 0.3) is 0 Å². The molecular weight excluding hydrogens is 553 g/mol. The molecule has 7 nitrogen and oxygen atoms in total. The fraction of sp³-hybridized carbons (Fsp3) is 0.212. The molecule has 0 aliphatic carbocycles. The third kappa shape index (κ3) is 7.41. The van der Waals surface area contributed by atoms with Gasteiger partial charge in [0.25, 0.3) is 10.0 Å². The lowest BCUT2D eigenvalue weighted by Gasteiger charge is -2.34. The number of nitrogens with one attached hydrogen (secondary N) is 1. The highest BCUT2D eigenvalue weighted by Crippen LogP contribution is 2.25. The van der Waals surface area contributed by atoms with Gasteiger partial charge in [0.2, 0.25) is 11.8 Å². The molecule has 42 heavy (non-hydrogen) atoms. The van der Waals surface area contributed by atoms with Gasteiger partial charge in [-0.2, -0.15) is 0 Å². The number of carbonyl (C=O) groups is 2. The van der Waals surface area contributed by atoms with Gasteiger partial charge in [-0.05, 0) is 66.9 Å². The van der Waals surface area contributed by atoms with Crippen LogP contribution in [0, 0.1) is 12.7 Å². The number of rotatable bonds is 12. The van der Waals surface area contributed by atoms with Crippen molar-refractivity contribution in [2.45, 2.75) is 37.8 Å². The summed E-state index contributed by atoms with van der Waals surface area (Å²) in [4.78, 5) is 29.2. The van der Waals surface area contributed by atoms with Gasteiger partial charge in [0, 0.05) is 19.5 Å². The van der Waals surface area contributed by atoms with Gasteiger partial charge in [-0.15, -0.1) is 0 Å². The van der Waals surface area contributed by atoms with Crippen LogP contribution in [0.2, 0.25) is 0 Å². The summed E-state index contributed by atoms with van der Waals surface area (Å²) in [5.41, 5.74) is 2.73. The minimum absolute atomic E-state index is 0.0165. The molecule has 4 aromatic carbocycles. The minimum atomic E-state index is -4.23. The Morgan fingerprint density at radius 1 is 0.833 bits per heavy atom. The van der Waals surface area contributed by atoms with Crippen molar-refractivity contribution in [3.8, 4) is 0 Å². The lowest BCUT2D eigenvalue weighted by molar-refractivity contribution is -0.140. The Bertz CT molecular complexity index is 1600. The Labute approximate surface area is 246 Å². The normalized spacial score (nSPS) is 11.9. The smallest absolute Gasteiger partial charge is 0.264 e. The van der Waals surface area contributed by atoms with E-state index < -0.39 is 34.3 Å². The highest BCUT2D eigenvalue weighted by molar-refractivity contribution is 7.92. The lowest BCUT2D eigenvalue weighted by atomic mass is 10.0. The molecular formula is C33H34FN3O4S. The Balaban J connectivity index is 1.79. The molecule has 4 aromatic rings. The Hall–Kier alpha value is -4.50. The molecule has 0 saturated carbocycles. The highest BCUT2D eigenvalue weighted by atomic mass is 32.2. The van der Waals surface area contributed by atoms with E-state index in [1.165, 1.54) is 29.2 Å². The van der Waals surface area contributed by atoms with Crippen molar-refractivity contribution in [2.75, 3.05) is 17.4 Å². The quantitative estimate of drug-likeness (QED) is 0.250. The first-order valence-corrected chi connectivity index (χ1v) is 15.1. The molecule has 0 aliphatic heterocycles. The number of hydrogen-bond donors (Lipinski definition) is 1. The van der Waals surface area contributed by atoms with Crippen molar-refractivity contribution in [3.05, 3.63) is 132 Å². The summed E-state index contributed by atoms with van der Waals surface area (Å²) in [5.74, 6) is -1.46. The van der Waals surface area contributed by atoms with Crippen molar-refractivity contribution < 1.29 is 22.4 Å². The zero-order chi connectivity index (χ0) is 30.1. The molecule has 4 rings (SSSR count). The number of likely N-dealkylation sites (N-methyl/N-ethyl adjacent to an activating group) is 1. The van der Waals surface area contributed by atoms with E-state index in [0.29, 0.717) is 6.54 Å². The number of carbonyl (C=O) groups excluding carboxylic acids is 2. The van der Waals surface area contributed by atoms with E-state index in [-0.39, 0.29) is 29.5 Å². The van der Waals surface area contributed by atoms with Crippen LogP contribution < -0.4 is 9.62 Å². The molecule has 0 aromatic heterocycles. The van der Waals surface area contributed by atoms with Crippen LogP contribution in [-0.2, 0) is 32.6 Å². The maximum atomic E-state index is 14.3. The van der Waals surface area contributed by atoms with E-state index in [9.17, 15) is 22.4 Å². The minimum Gasteiger partial charge on any atom is -0.355 e. The number of nitrogens with zero attached hydrogens (tertiary/aromatic N) is 2. The third-order valence-electron chi connectivity index (χ3n) is 6.95. The average Bonchev–Trinajstić information content (AvgIpc) is 3.00. The first-order chi connectivity index (χ1) is 20.2. The molecule has 0 heterocycles. The van der Waals surface area contributed by atoms with Gasteiger partial charge < -0.3 is 10.2 Å². The first-order valence-electron chi connectivity index (χ1n) is 13.7. The Morgan fingerprint density at radius 3 is 2.05 bits per heavy atom. The zero-order valence-corrected chi connectivity index (χ0v) is 24.4. The number of halogens is 1. The van der Waals surface area contributed by atoms with E-state index in [4.69, 9.17) is 0 Å². The van der Waals surface area contributed by atoms with Crippen LogP contribution in [0.15, 0.2) is 114 Å². The van der Waals surface area contributed by atoms with Crippen LogP contribution in [0.5, 0.6) is 0 Å². The van der Waals surface area contributed by atoms with Crippen LogP contribution in [0.1, 0.15) is 23.6 Å². The fourth-order valence-corrected chi connectivity index (χ4v) is 6.11. The number of benzene rings is 4. The van der Waals surface area contributed by atoms with Crippen molar-refractivity contribution >= 4 is 27.5 Å². The number of anilines is 1. The molecule has 1 atom stereocenters. The number of aryl methyl sites for hydroxylation is 1. The molecule has 2 amide bonds. The van der Waals surface area contributed by atoms with Gasteiger partial charge in [-0.1, -0.05) is 72.8 Å². The van der Waals surface area contributed by atoms with Crippen LogP contribution >= 0.6 is 0 Å². The Kier molecular flexibility index (Phi) is 10.1. The molecule has 9 heteroatoms.